The molecule has 11 rings (SSSR count). The molecule has 9 aromatic rings. The van der Waals surface area contributed by atoms with Crippen molar-refractivity contribution < 1.29 is 0 Å². The minimum absolute atomic E-state index is 0.0258. The van der Waals surface area contributed by atoms with Crippen LogP contribution in [0, 0.1) is 20.8 Å². The quantitative estimate of drug-likeness (QED) is 0.153. The van der Waals surface area contributed by atoms with Gasteiger partial charge in [0.2, 0.25) is 0 Å². The number of nitrogens with zero attached hydrogens (tertiary/aromatic N) is 2. The summed E-state index contributed by atoms with van der Waals surface area (Å²) in [6.07, 6.45) is 0. The zero-order chi connectivity index (χ0) is 53.8. The van der Waals surface area contributed by atoms with E-state index in [1.165, 1.54) is 134 Å². The maximum Gasteiger partial charge on any atom is 0.252 e. The SMILES string of the molecule is Cc1cc(-c2ccccc2)c(N2c3ccc(C(C)(C)C)cc3B3c4cc(C(C)(C)C)ccc4N(c4c(-c5ccccc5)cc(C)cc4-c4ccc(C(C)(C)C)cc4)c4cc(C)cc2c43)c(-c2ccc(C(C)(C)C)cc2)c1. The first-order valence-corrected chi connectivity index (χ1v) is 27.6. The highest BCUT2D eigenvalue weighted by atomic mass is 15.2. The molecule has 2 heterocycles. The predicted octanol–water partition coefficient (Wildman–Crippen LogP) is 18.6. The molecule has 0 N–H and O–H groups in total. The van der Waals surface area contributed by atoms with Gasteiger partial charge < -0.3 is 9.80 Å². The number of rotatable bonds is 6. The lowest BCUT2D eigenvalue weighted by Crippen LogP contribution is -2.61. The summed E-state index contributed by atoms with van der Waals surface area (Å²) in [5, 5.41) is 0. The fraction of sp³-hybridized carbons (Fsp3) is 0.260. The summed E-state index contributed by atoms with van der Waals surface area (Å²) in [4.78, 5) is 5.35. The average Bonchev–Trinajstić information content (AvgIpc) is 3.47. The van der Waals surface area contributed by atoms with Crippen molar-refractivity contribution in [3.8, 4) is 44.5 Å². The second-order valence-electron chi connectivity index (χ2n) is 26.2. The third kappa shape index (κ3) is 9.00. The molecule has 0 spiro atoms. The fourth-order valence-electron chi connectivity index (χ4n) is 12.0. The van der Waals surface area contributed by atoms with Gasteiger partial charge in [-0.05, 0) is 169 Å². The van der Waals surface area contributed by atoms with E-state index in [0.717, 1.165) is 0 Å². The van der Waals surface area contributed by atoms with Gasteiger partial charge in [-0.3, -0.25) is 0 Å². The molecule has 76 heavy (non-hydrogen) atoms. The van der Waals surface area contributed by atoms with Crippen LogP contribution in [0.2, 0.25) is 0 Å². The van der Waals surface area contributed by atoms with Crippen LogP contribution in [0.5, 0.6) is 0 Å². The zero-order valence-corrected chi connectivity index (χ0v) is 47.8. The predicted molar refractivity (Wildman–Crippen MR) is 331 cm³/mol. The van der Waals surface area contributed by atoms with Gasteiger partial charge in [0, 0.05) is 45.0 Å². The van der Waals surface area contributed by atoms with Gasteiger partial charge >= 0.3 is 0 Å². The van der Waals surface area contributed by atoms with E-state index in [4.69, 9.17) is 0 Å². The van der Waals surface area contributed by atoms with Crippen LogP contribution in [0.4, 0.5) is 34.1 Å². The largest absolute Gasteiger partial charge is 0.310 e. The lowest BCUT2D eigenvalue weighted by Gasteiger charge is -2.46. The van der Waals surface area contributed by atoms with Gasteiger partial charge in [-0.25, -0.2) is 0 Å². The van der Waals surface area contributed by atoms with E-state index in [1.54, 1.807) is 0 Å². The van der Waals surface area contributed by atoms with Crippen LogP contribution in [-0.2, 0) is 21.7 Å². The smallest absolute Gasteiger partial charge is 0.252 e. The normalized spacial score (nSPS) is 13.4. The van der Waals surface area contributed by atoms with E-state index < -0.39 is 0 Å². The molecule has 0 aromatic heterocycles. The molecule has 0 saturated heterocycles. The molecule has 0 atom stereocenters. The summed E-state index contributed by atoms with van der Waals surface area (Å²) in [6.45, 7) is 34.7. The number of hydrogen-bond donors (Lipinski definition) is 0. The second-order valence-corrected chi connectivity index (χ2v) is 26.2. The molecule has 2 aliphatic heterocycles. The minimum Gasteiger partial charge on any atom is -0.310 e. The van der Waals surface area contributed by atoms with Crippen molar-refractivity contribution in [2.75, 3.05) is 9.80 Å². The van der Waals surface area contributed by atoms with Crippen LogP contribution in [0.25, 0.3) is 44.5 Å². The molecule has 9 aromatic carbocycles. The van der Waals surface area contributed by atoms with Crippen molar-refractivity contribution in [2.24, 2.45) is 0 Å². The van der Waals surface area contributed by atoms with Crippen molar-refractivity contribution in [2.45, 2.75) is 126 Å². The number of anilines is 6. The number of hydrogen-bond acceptors (Lipinski definition) is 2. The van der Waals surface area contributed by atoms with Crippen LogP contribution in [0.15, 0.2) is 182 Å². The van der Waals surface area contributed by atoms with Gasteiger partial charge in [0.05, 0.1) is 11.4 Å². The Balaban J connectivity index is 1.30. The zero-order valence-electron chi connectivity index (χ0n) is 47.8. The van der Waals surface area contributed by atoms with E-state index in [9.17, 15) is 0 Å². The Hall–Kier alpha value is -7.36. The average molecular weight is 991 g/mol. The number of aryl methyl sites for hydroxylation is 3. The van der Waals surface area contributed by atoms with E-state index in [-0.39, 0.29) is 28.4 Å². The maximum absolute atomic E-state index is 2.68. The monoisotopic (exact) mass is 991 g/mol. The Morgan fingerprint density at radius 3 is 0.895 bits per heavy atom. The summed E-state index contributed by atoms with van der Waals surface area (Å²) in [5.74, 6) is 0. The topological polar surface area (TPSA) is 6.48 Å². The Morgan fingerprint density at radius 2 is 0.579 bits per heavy atom. The fourth-order valence-corrected chi connectivity index (χ4v) is 12.0. The van der Waals surface area contributed by atoms with Crippen molar-refractivity contribution >= 4 is 57.2 Å². The lowest BCUT2D eigenvalue weighted by molar-refractivity contribution is 0.590. The minimum atomic E-state index is -0.0873. The molecule has 0 unspecified atom stereocenters. The van der Waals surface area contributed by atoms with Crippen molar-refractivity contribution in [1.82, 2.24) is 0 Å². The van der Waals surface area contributed by atoms with Gasteiger partial charge in [0.15, 0.2) is 0 Å². The summed E-state index contributed by atoms with van der Waals surface area (Å²) in [7, 11) is 0. The van der Waals surface area contributed by atoms with Gasteiger partial charge in [-0.15, -0.1) is 0 Å². The molecule has 0 saturated carbocycles. The van der Waals surface area contributed by atoms with E-state index in [1.807, 2.05) is 0 Å². The van der Waals surface area contributed by atoms with Crippen LogP contribution in [-0.4, -0.2) is 6.71 Å². The van der Waals surface area contributed by atoms with Crippen LogP contribution < -0.4 is 26.2 Å². The molecule has 0 fully saturated rings. The Labute approximate surface area is 455 Å². The maximum atomic E-state index is 2.68. The molecule has 2 nitrogen and oxygen atoms in total. The molecule has 2 aliphatic rings. The summed E-state index contributed by atoms with van der Waals surface area (Å²) < 4.78 is 0. The van der Waals surface area contributed by atoms with Gasteiger partial charge in [0.25, 0.3) is 6.71 Å². The van der Waals surface area contributed by atoms with Crippen LogP contribution in [0.1, 0.15) is 122 Å². The molecule has 380 valence electrons. The number of benzene rings is 9. The first kappa shape index (κ1) is 50.8. The van der Waals surface area contributed by atoms with Crippen molar-refractivity contribution in [1.29, 1.82) is 0 Å². The first-order chi connectivity index (χ1) is 36.0. The highest BCUT2D eigenvalue weighted by Gasteiger charge is 2.46. The molecule has 0 radical (unpaired) electrons. The molecule has 0 amide bonds. The summed E-state index contributed by atoms with van der Waals surface area (Å²) >= 11 is 0. The third-order valence-corrected chi connectivity index (χ3v) is 16.2. The Bertz CT molecular complexity index is 3440. The molecule has 0 aliphatic carbocycles. The van der Waals surface area contributed by atoms with E-state index in [0.29, 0.717) is 0 Å². The molecule has 3 heteroatoms. The highest BCUT2D eigenvalue weighted by molar-refractivity contribution is 7.00. The first-order valence-electron chi connectivity index (χ1n) is 27.6. The Morgan fingerprint density at radius 1 is 0.289 bits per heavy atom. The van der Waals surface area contributed by atoms with Crippen molar-refractivity contribution in [3.63, 3.8) is 0 Å². The molecule has 0 bridgehead atoms. The van der Waals surface area contributed by atoms with Gasteiger partial charge in [-0.1, -0.05) is 217 Å². The van der Waals surface area contributed by atoms with E-state index in [2.05, 4.69) is 296 Å². The van der Waals surface area contributed by atoms with Gasteiger partial charge in [-0.2, -0.15) is 0 Å². The lowest BCUT2D eigenvalue weighted by atomic mass is 9.33. The van der Waals surface area contributed by atoms with Gasteiger partial charge in [0.1, 0.15) is 0 Å². The van der Waals surface area contributed by atoms with Crippen LogP contribution in [0.3, 0.4) is 0 Å². The summed E-state index contributed by atoms with van der Waals surface area (Å²) in [6, 6.07) is 70.5. The Kier molecular flexibility index (Phi) is 12.3. The standard InChI is InChI=1S/C73H75BN2/c1-46-38-57(49-22-18-16-19-23-49)68(59(40-46)51-26-30-53(31-27-51)70(4,5)6)75-63-36-34-55(72(10,11)12)44-61(63)74-62-45-56(73(13,14)15)35-37-64(62)76(66-43-48(3)42-65(75)67(66)74)69-58(50-24-20-17-21-25-50)39-47(2)41-60(69)52-28-32-54(33-29-52)71(7,8)9/h16-45H,1-15H3. The van der Waals surface area contributed by atoms with Crippen LogP contribution >= 0.6 is 0 Å². The second kappa shape index (κ2) is 18.4. The number of fused-ring (bicyclic) bond motifs is 4. The summed E-state index contributed by atoms with van der Waals surface area (Å²) in [5.41, 5.74) is 29.7. The molecular weight excluding hydrogens is 916 g/mol. The highest BCUT2D eigenvalue weighted by Crippen LogP contribution is 2.54. The van der Waals surface area contributed by atoms with E-state index >= 15 is 0 Å². The molecular formula is C73H75BN2. The third-order valence-electron chi connectivity index (χ3n) is 16.2. The van der Waals surface area contributed by atoms with Crippen molar-refractivity contribution in [3.05, 3.63) is 221 Å².